The smallest absolute Gasteiger partial charge is 0.0712 e. The van der Waals surface area contributed by atoms with Crippen LogP contribution in [0.5, 0.6) is 0 Å². The Labute approximate surface area is 85.4 Å². The first kappa shape index (κ1) is 10.6. The van der Waals surface area contributed by atoms with Gasteiger partial charge in [-0.15, -0.1) is 0 Å². The maximum Gasteiger partial charge on any atom is 0.0712 e. The second-order valence-electron chi connectivity index (χ2n) is 3.14. The molecule has 0 fully saturated rings. The molecule has 0 aliphatic rings. The Hall–Kier alpha value is -1.44. The van der Waals surface area contributed by atoms with Crippen molar-refractivity contribution in [1.82, 2.24) is 0 Å². The van der Waals surface area contributed by atoms with Gasteiger partial charge in [-0.2, -0.15) is 0 Å². The number of hydrogen-bond donors (Lipinski definition) is 0. The third kappa shape index (κ3) is 2.52. The van der Waals surface area contributed by atoms with Crippen LogP contribution in [0.1, 0.15) is 25.8 Å². The molecule has 0 unspecified atom stereocenters. The van der Waals surface area contributed by atoms with E-state index in [-0.39, 0.29) is 0 Å². The Balaban J connectivity index is 2.99. The van der Waals surface area contributed by atoms with Gasteiger partial charge in [0, 0.05) is 17.8 Å². The van der Waals surface area contributed by atoms with Crippen molar-refractivity contribution >= 4 is 18.1 Å². The van der Waals surface area contributed by atoms with E-state index in [0.717, 1.165) is 29.9 Å². The van der Waals surface area contributed by atoms with Crippen LogP contribution < -0.4 is 0 Å². The monoisotopic (exact) mass is 188 g/mol. The highest BCUT2D eigenvalue weighted by molar-refractivity contribution is 6.03. The van der Waals surface area contributed by atoms with Gasteiger partial charge < -0.3 is 0 Å². The van der Waals surface area contributed by atoms with Crippen LogP contribution in [0, 0.1) is 0 Å². The Morgan fingerprint density at radius 2 is 2.07 bits per heavy atom. The number of aliphatic imine (C=N–C) groups is 2. The number of para-hydroxylation sites is 1. The molecule has 2 heteroatoms. The predicted molar refractivity (Wildman–Crippen MR) is 63.0 cm³/mol. The lowest BCUT2D eigenvalue weighted by Gasteiger charge is -2.04. The molecule has 1 rings (SSSR count). The molecule has 14 heavy (non-hydrogen) atoms. The molecule has 0 saturated carbocycles. The van der Waals surface area contributed by atoms with Crippen molar-refractivity contribution in [3.8, 4) is 0 Å². The molecule has 74 valence electrons. The molecule has 0 N–H and O–H groups in total. The maximum atomic E-state index is 4.45. The van der Waals surface area contributed by atoms with E-state index in [1.165, 1.54) is 0 Å². The lowest BCUT2D eigenvalue weighted by molar-refractivity contribution is 0.931. The molecule has 2 nitrogen and oxygen atoms in total. The first-order valence-electron chi connectivity index (χ1n) is 4.86. The van der Waals surface area contributed by atoms with Crippen LogP contribution in [0.2, 0.25) is 0 Å². The van der Waals surface area contributed by atoms with Crippen LogP contribution in [0.4, 0.5) is 5.69 Å². The highest BCUT2D eigenvalue weighted by Crippen LogP contribution is 2.18. The number of rotatable bonds is 4. The van der Waals surface area contributed by atoms with Gasteiger partial charge >= 0.3 is 0 Å². The third-order valence-electron chi connectivity index (χ3n) is 2.04. The van der Waals surface area contributed by atoms with Gasteiger partial charge in [-0.05, 0) is 26.1 Å². The maximum absolute atomic E-state index is 4.45. The molecule has 0 amide bonds. The summed E-state index contributed by atoms with van der Waals surface area (Å²) in [4.78, 5) is 8.42. The Kier molecular flexibility index (Phi) is 4.05. The SMILES string of the molecule is C=Nc1ccccc1C(C)=NCCC. The van der Waals surface area contributed by atoms with Crippen molar-refractivity contribution < 1.29 is 0 Å². The van der Waals surface area contributed by atoms with E-state index in [0.29, 0.717) is 0 Å². The fourth-order valence-electron chi connectivity index (χ4n) is 1.28. The number of benzene rings is 1. The normalized spacial score (nSPS) is 11.4. The number of hydrogen-bond acceptors (Lipinski definition) is 2. The molecule has 1 aromatic carbocycles. The Bertz CT molecular complexity index is 340. The van der Waals surface area contributed by atoms with Crippen molar-refractivity contribution in [2.24, 2.45) is 9.98 Å². The molecule has 0 aliphatic carbocycles. The van der Waals surface area contributed by atoms with Crippen molar-refractivity contribution in [3.63, 3.8) is 0 Å². The van der Waals surface area contributed by atoms with E-state index in [2.05, 4.69) is 23.6 Å². The number of nitrogens with zero attached hydrogens (tertiary/aromatic N) is 2. The third-order valence-corrected chi connectivity index (χ3v) is 2.04. The van der Waals surface area contributed by atoms with Crippen LogP contribution in [0.3, 0.4) is 0 Å². The lowest BCUT2D eigenvalue weighted by atomic mass is 10.1. The Morgan fingerprint density at radius 1 is 1.36 bits per heavy atom. The topological polar surface area (TPSA) is 24.7 Å². The van der Waals surface area contributed by atoms with E-state index >= 15 is 0 Å². The Morgan fingerprint density at radius 3 is 2.71 bits per heavy atom. The summed E-state index contributed by atoms with van der Waals surface area (Å²) in [5.74, 6) is 0. The molecule has 0 heterocycles. The second kappa shape index (κ2) is 5.32. The van der Waals surface area contributed by atoms with Gasteiger partial charge in [0.2, 0.25) is 0 Å². The predicted octanol–water partition coefficient (Wildman–Crippen LogP) is 3.24. The zero-order valence-corrected chi connectivity index (χ0v) is 8.83. The fourth-order valence-corrected chi connectivity index (χ4v) is 1.28. The molecule has 0 atom stereocenters. The van der Waals surface area contributed by atoms with Gasteiger partial charge in [-0.25, -0.2) is 0 Å². The first-order chi connectivity index (χ1) is 6.79. The van der Waals surface area contributed by atoms with Crippen molar-refractivity contribution in [3.05, 3.63) is 29.8 Å². The van der Waals surface area contributed by atoms with Gasteiger partial charge in [-0.1, -0.05) is 25.1 Å². The average molecular weight is 188 g/mol. The zero-order valence-electron chi connectivity index (χ0n) is 8.83. The van der Waals surface area contributed by atoms with E-state index in [4.69, 9.17) is 0 Å². The molecule has 0 aromatic heterocycles. The van der Waals surface area contributed by atoms with Crippen LogP contribution in [-0.4, -0.2) is 19.0 Å². The molecule has 1 aromatic rings. The minimum Gasteiger partial charge on any atom is -0.289 e. The molecular formula is C12H16N2. The highest BCUT2D eigenvalue weighted by atomic mass is 14.7. The van der Waals surface area contributed by atoms with Gasteiger partial charge in [-0.3, -0.25) is 9.98 Å². The summed E-state index contributed by atoms with van der Waals surface area (Å²) in [5, 5.41) is 0. The van der Waals surface area contributed by atoms with E-state index in [1.54, 1.807) is 0 Å². The van der Waals surface area contributed by atoms with Crippen molar-refractivity contribution in [2.45, 2.75) is 20.3 Å². The summed E-state index contributed by atoms with van der Waals surface area (Å²) < 4.78 is 0. The summed E-state index contributed by atoms with van der Waals surface area (Å²) in [6.45, 7) is 8.55. The first-order valence-corrected chi connectivity index (χ1v) is 4.86. The molecule has 0 saturated heterocycles. The van der Waals surface area contributed by atoms with Crippen LogP contribution >= 0.6 is 0 Å². The minimum absolute atomic E-state index is 0.872. The molecule has 0 bridgehead atoms. The standard InChI is InChI=1S/C12H16N2/c1-4-9-14-10(2)11-7-5-6-8-12(11)13-3/h5-8H,3-4,9H2,1-2H3. The fraction of sp³-hybridized carbons (Fsp3) is 0.333. The van der Waals surface area contributed by atoms with Crippen molar-refractivity contribution in [2.75, 3.05) is 6.54 Å². The molecule has 0 spiro atoms. The molecule has 0 aliphatic heterocycles. The van der Waals surface area contributed by atoms with Crippen LogP contribution in [0.15, 0.2) is 34.3 Å². The minimum atomic E-state index is 0.872. The van der Waals surface area contributed by atoms with E-state index < -0.39 is 0 Å². The summed E-state index contributed by atoms with van der Waals surface area (Å²) in [5.41, 5.74) is 3.02. The second-order valence-corrected chi connectivity index (χ2v) is 3.14. The molecular weight excluding hydrogens is 172 g/mol. The summed E-state index contributed by atoms with van der Waals surface area (Å²) in [6, 6.07) is 7.93. The average Bonchev–Trinajstić information content (AvgIpc) is 2.25. The van der Waals surface area contributed by atoms with Gasteiger partial charge in [0.15, 0.2) is 0 Å². The van der Waals surface area contributed by atoms with Gasteiger partial charge in [0.1, 0.15) is 0 Å². The molecule has 0 radical (unpaired) electrons. The van der Waals surface area contributed by atoms with Gasteiger partial charge in [0.25, 0.3) is 0 Å². The largest absolute Gasteiger partial charge is 0.289 e. The van der Waals surface area contributed by atoms with Gasteiger partial charge in [0.05, 0.1) is 5.69 Å². The lowest BCUT2D eigenvalue weighted by Crippen LogP contribution is -1.96. The summed E-state index contributed by atoms with van der Waals surface area (Å²) in [7, 11) is 0. The van der Waals surface area contributed by atoms with Crippen LogP contribution in [0.25, 0.3) is 0 Å². The van der Waals surface area contributed by atoms with Crippen LogP contribution in [-0.2, 0) is 0 Å². The highest BCUT2D eigenvalue weighted by Gasteiger charge is 2.01. The quantitative estimate of drug-likeness (QED) is 0.648. The zero-order chi connectivity index (χ0) is 10.4. The van der Waals surface area contributed by atoms with E-state index in [9.17, 15) is 0 Å². The summed E-state index contributed by atoms with van der Waals surface area (Å²) in [6.07, 6.45) is 1.07. The van der Waals surface area contributed by atoms with Crippen molar-refractivity contribution in [1.29, 1.82) is 0 Å². The van der Waals surface area contributed by atoms with E-state index in [1.807, 2.05) is 31.2 Å². The summed E-state index contributed by atoms with van der Waals surface area (Å²) >= 11 is 0.